The van der Waals surface area contributed by atoms with E-state index in [1.165, 1.54) is 12.1 Å². The zero-order chi connectivity index (χ0) is 14.0. The molecule has 0 amide bonds. The minimum absolute atomic E-state index is 0.0335. The Balaban J connectivity index is 2.35. The van der Waals surface area contributed by atoms with E-state index in [0.717, 1.165) is 5.56 Å². The maximum absolute atomic E-state index is 13.2. The molecule has 0 N–H and O–H groups in total. The molecular weight excluding hydrogens is 247 g/mol. The first-order chi connectivity index (χ1) is 9.02. The zero-order valence-corrected chi connectivity index (χ0v) is 11.1. The summed E-state index contributed by atoms with van der Waals surface area (Å²) in [6, 6.07) is 4.39. The molecule has 100 valence electrons. The second kappa shape index (κ2) is 5.30. The van der Waals surface area contributed by atoms with Crippen LogP contribution in [0, 0.1) is 12.7 Å². The highest BCUT2D eigenvalue weighted by atomic mass is 19.1. The summed E-state index contributed by atoms with van der Waals surface area (Å²) >= 11 is 0. The molecule has 0 fully saturated rings. The number of hydrogen-bond donors (Lipinski definition) is 0. The van der Waals surface area contributed by atoms with E-state index in [9.17, 15) is 9.18 Å². The molecule has 0 aliphatic rings. The highest BCUT2D eigenvalue weighted by Gasteiger charge is 2.21. The molecule has 19 heavy (non-hydrogen) atoms. The van der Waals surface area contributed by atoms with Crippen LogP contribution in [0.1, 0.15) is 37.6 Å². The van der Waals surface area contributed by atoms with Gasteiger partial charge >= 0.3 is 0 Å². The molecule has 1 aromatic carbocycles. The van der Waals surface area contributed by atoms with Crippen molar-refractivity contribution in [1.29, 1.82) is 0 Å². The number of aromatic nitrogens is 2. The van der Waals surface area contributed by atoms with Gasteiger partial charge in [0.1, 0.15) is 11.6 Å². The number of halogens is 1. The van der Waals surface area contributed by atoms with Crippen LogP contribution in [-0.4, -0.2) is 15.9 Å². The first-order valence-electron chi connectivity index (χ1n) is 6.15. The fraction of sp³-hybridized carbons (Fsp3) is 0.357. The summed E-state index contributed by atoms with van der Waals surface area (Å²) < 4.78 is 18.3. The minimum atomic E-state index is -0.430. The normalized spacial score (nSPS) is 12.4. The molecule has 4 nitrogen and oxygen atoms in total. The quantitative estimate of drug-likeness (QED) is 0.848. The first kappa shape index (κ1) is 13.4. The molecule has 1 aromatic heterocycles. The summed E-state index contributed by atoms with van der Waals surface area (Å²) in [6.07, 6.45) is 0.415. The van der Waals surface area contributed by atoms with Crippen LogP contribution < -0.4 is 0 Å². The maximum Gasteiger partial charge on any atom is 0.237 e. The molecule has 0 saturated carbocycles. The third-order valence-corrected chi connectivity index (χ3v) is 3.08. The molecule has 1 atom stereocenters. The van der Waals surface area contributed by atoms with Crippen molar-refractivity contribution in [3.8, 4) is 11.4 Å². The first-order valence-corrected chi connectivity index (χ1v) is 6.15. The largest absolute Gasteiger partial charge is 0.338 e. The number of hydrogen-bond acceptors (Lipinski definition) is 4. The van der Waals surface area contributed by atoms with Crippen LogP contribution in [0.4, 0.5) is 4.39 Å². The number of carbonyl (C=O) groups is 1. The predicted octanol–water partition coefficient (Wildman–Crippen LogP) is 3.27. The molecule has 2 aromatic rings. The fourth-order valence-electron chi connectivity index (χ4n) is 1.80. The van der Waals surface area contributed by atoms with Crippen LogP contribution in [0.2, 0.25) is 0 Å². The third kappa shape index (κ3) is 2.70. The van der Waals surface area contributed by atoms with E-state index in [1.54, 1.807) is 19.9 Å². The standard InChI is InChI=1S/C14H15FN2O2/c1-4-12(18)9(3)14-16-13(17-19-14)11-7-10(15)6-5-8(11)2/h5-7,9H,4H2,1-3H3. The van der Waals surface area contributed by atoms with E-state index < -0.39 is 5.92 Å². The topological polar surface area (TPSA) is 56.0 Å². The van der Waals surface area contributed by atoms with Gasteiger partial charge in [-0.2, -0.15) is 4.98 Å². The monoisotopic (exact) mass is 262 g/mol. The zero-order valence-electron chi connectivity index (χ0n) is 11.1. The van der Waals surface area contributed by atoms with E-state index in [0.29, 0.717) is 17.8 Å². The molecule has 0 aliphatic carbocycles. The number of rotatable bonds is 4. The predicted molar refractivity (Wildman–Crippen MR) is 68.1 cm³/mol. The molecule has 1 unspecified atom stereocenters. The van der Waals surface area contributed by atoms with Crippen molar-refractivity contribution in [3.63, 3.8) is 0 Å². The molecular formula is C14H15FN2O2. The SMILES string of the molecule is CCC(=O)C(C)c1nc(-c2cc(F)ccc2C)no1. The molecule has 0 saturated heterocycles. The Morgan fingerprint density at radius 2 is 2.21 bits per heavy atom. The smallest absolute Gasteiger partial charge is 0.237 e. The lowest BCUT2D eigenvalue weighted by Gasteiger charge is -2.02. The third-order valence-electron chi connectivity index (χ3n) is 3.08. The lowest BCUT2D eigenvalue weighted by Crippen LogP contribution is -2.07. The maximum atomic E-state index is 13.2. The lowest BCUT2D eigenvalue weighted by atomic mass is 10.0. The summed E-state index contributed by atoms with van der Waals surface area (Å²) in [4.78, 5) is 15.8. The molecule has 2 rings (SSSR count). The molecule has 0 aliphatic heterocycles. The average molecular weight is 262 g/mol. The van der Waals surface area contributed by atoms with Crippen LogP contribution in [-0.2, 0) is 4.79 Å². The van der Waals surface area contributed by atoms with Gasteiger partial charge in [0.25, 0.3) is 0 Å². The van der Waals surface area contributed by atoms with Gasteiger partial charge < -0.3 is 4.52 Å². The highest BCUT2D eigenvalue weighted by molar-refractivity contribution is 5.84. The van der Waals surface area contributed by atoms with Crippen molar-refractivity contribution in [2.75, 3.05) is 0 Å². The van der Waals surface area contributed by atoms with Gasteiger partial charge in [-0.25, -0.2) is 4.39 Å². The number of aryl methyl sites for hydroxylation is 1. The van der Waals surface area contributed by atoms with Crippen molar-refractivity contribution in [1.82, 2.24) is 10.1 Å². The van der Waals surface area contributed by atoms with Crippen LogP contribution >= 0.6 is 0 Å². The van der Waals surface area contributed by atoms with Gasteiger partial charge in [-0.3, -0.25) is 4.79 Å². The Kier molecular flexibility index (Phi) is 3.74. The number of carbonyl (C=O) groups excluding carboxylic acids is 1. The van der Waals surface area contributed by atoms with Gasteiger partial charge in [-0.05, 0) is 31.5 Å². The van der Waals surface area contributed by atoms with Crippen molar-refractivity contribution in [3.05, 3.63) is 35.5 Å². The van der Waals surface area contributed by atoms with E-state index in [4.69, 9.17) is 4.52 Å². The van der Waals surface area contributed by atoms with E-state index in [2.05, 4.69) is 10.1 Å². The summed E-state index contributed by atoms with van der Waals surface area (Å²) in [7, 11) is 0. The van der Waals surface area contributed by atoms with Crippen LogP contribution in [0.3, 0.4) is 0 Å². The van der Waals surface area contributed by atoms with Gasteiger partial charge in [-0.15, -0.1) is 0 Å². The Labute approximate surface area is 110 Å². The lowest BCUT2D eigenvalue weighted by molar-refractivity contribution is -0.120. The highest BCUT2D eigenvalue weighted by Crippen LogP contribution is 2.24. The molecule has 1 heterocycles. The van der Waals surface area contributed by atoms with Gasteiger partial charge in [0, 0.05) is 12.0 Å². The Morgan fingerprint density at radius 3 is 2.89 bits per heavy atom. The second-order valence-electron chi connectivity index (χ2n) is 4.46. The fourth-order valence-corrected chi connectivity index (χ4v) is 1.80. The van der Waals surface area contributed by atoms with Gasteiger partial charge in [0.15, 0.2) is 0 Å². The molecule has 0 bridgehead atoms. The number of nitrogens with zero attached hydrogens (tertiary/aromatic N) is 2. The summed E-state index contributed by atoms with van der Waals surface area (Å²) in [5, 5.41) is 3.82. The summed E-state index contributed by atoms with van der Waals surface area (Å²) in [6.45, 7) is 5.35. The molecule has 0 spiro atoms. The summed E-state index contributed by atoms with van der Waals surface area (Å²) in [5.74, 6) is -0.177. The number of ketones is 1. The van der Waals surface area contributed by atoms with Crippen molar-refractivity contribution < 1.29 is 13.7 Å². The van der Waals surface area contributed by atoms with Crippen molar-refractivity contribution >= 4 is 5.78 Å². The minimum Gasteiger partial charge on any atom is -0.338 e. The van der Waals surface area contributed by atoms with Gasteiger partial charge in [-0.1, -0.05) is 18.1 Å². The van der Waals surface area contributed by atoms with E-state index >= 15 is 0 Å². The summed E-state index contributed by atoms with van der Waals surface area (Å²) in [5.41, 5.74) is 1.43. The van der Waals surface area contributed by atoms with E-state index in [-0.39, 0.29) is 17.5 Å². The molecule has 5 heteroatoms. The van der Waals surface area contributed by atoms with Gasteiger partial charge in [0.2, 0.25) is 11.7 Å². The van der Waals surface area contributed by atoms with Crippen molar-refractivity contribution in [2.24, 2.45) is 0 Å². The number of Topliss-reactive ketones (excluding diaryl/α,β-unsaturated/α-hetero) is 1. The Bertz CT molecular complexity index is 607. The van der Waals surface area contributed by atoms with Crippen LogP contribution in [0.25, 0.3) is 11.4 Å². The Hall–Kier alpha value is -2.04. The van der Waals surface area contributed by atoms with Crippen LogP contribution in [0.15, 0.2) is 22.7 Å². The molecule has 0 radical (unpaired) electrons. The van der Waals surface area contributed by atoms with Crippen LogP contribution in [0.5, 0.6) is 0 Å². The van der Waals surface area contributed by atoms with Crippen molar-refractivity contribution in [2.45, 2.75) is 33.1 Å². The van der Waals surface area contributed by atoms with Gasteiger partial charge in [0.05, 0.1) is 5.92 Å². The number of benzene rings is 1. The second-order valence-corrected chi connectivity index (χ2v) is 4.46. The average Bonchev–Trinajstić information content (AvgIpc) is 2.89. The Morgan fingerprint density at radius 1 is 1.47 bits per heavy atom. The van der Waals surface area contributed by atoms with E-state index in [1.807, 2.05) is 6.92 Å².